The van der Waals surface area contributed by atoms with Gasteiger partial charge in [0, 0.05) is 0 Å². The number of rotatable bonds is 2. The molecule has 0 amide bonds. The molecule has 0 spiro atoms. The van der Waals surface area contributed by atoms with Crippen molar-refractivity contribution in [3.8, 4) is 0 Å². The molecule has 110 valence electrons. The second-order valence-electron chi connectivity index (χ2n) is 5.61. The predicted octanol–water partition coefficient (Wildman–Crippen LogP) is 2.19. The number of thiol groups is 1. The van der Waals surface area contributed by atoms with Gasteiger partial charge in [0.25, 0.3) is 0 Å². The Morgan fingerprint density at radius 1 is 0.882 bits per heavy atom. The number of nitrogens with zero attached hydrogens (tertiary/aromatic N) is 2. The van der Waals surface area contributed by atoms with E-state index in [9.17, 15) is 0 Å². The van der Waals surface area contributed by atoms with Gasteiger partial charge in [-0.05, 0) is 57.9 Å². The minimum absolute atomic E-state index is 0.246. The van der Waals surface area contributed by atoms with Gasteiger partial charge in [0.15, 0.2) is 0 Å². The van der Waals surface area contributed by atoms with Crippen molar-refractivity contribution in [2.24, 2.45) is 0 Å². The fourth-order valence-electron chi connectivity index (χ4n) is 2.30. The number of hydrogen-bond donors (Lipinski definition) is 3. The van der Waals surface area contributed by atoms with Crippen molar-refractivity contribution < 1.29 is 0 Å². The summed E-state index contributed by atoms with van der Waals surface area (Å²) in [7, 11) is 1.70. The highest BCUT2D eigenvalue weighted by molar-refractivity contribution is 8.61. The summed E-state index contributed by atoms with van der Waals surface area (Å²) in [5.41, 5.74) is 0. The lowest BCUT2D eigenvalue weighted by Crippen LogP contribution is -2.50. The third kappa shape index (κ3) is 3.62. The van der Waals surface area contributed by atoms with Gasteiger partial charge in [0.2, 0.25) is 0 Å². The molecule has 0 bridgehead atoms. The monoisotopic (exact) mass is 322 g/mol. The molecular weight excluding hydrogens is 292 g/mol. The molecule has 1 fully saturated rings. The van der Waals surface area contributed by atoms with E-state index in [1.165, 1.54) is 0 Å². The van der Waals surface area contributed by atoms with E-state index in [2.05, 4.69) is 73.6 Å². The van der Waals surface area contributed by atoms with Gasteiger partial charge in [-0.25, -0.2) is 8.25 Å². The van der Waals surface area contributed by atoms with Crippen molar-refractivity contribution in [1.29, 1.82) is 0 Å². The van der Waals surface area contributed by atoms with E-state index in [1.54, 1.807) is 0 Å². The summed E-state index contributed by atoms with van der Waals surface area (Å²) in [6.07, 6.45) is 16.6. The lowest BCUT2D eigenvalue weighted by Gasteiger charge is -2.67. The Balaban J connectivity index is 3.10. The van der Waals surface area contributed by atoms with Gasteiger partial charge in [0.05, 0.1) is 0 Å². The highest BCUT2D eigenvalue weighted by Crippen LogP contribution is 2.73. The summed E-state index contributed by atoms with van der Waals surface area (Å²) in [5.74, 6) is 0. The molecule has 1 aliphatic heterocycles. The summed E-state index contributed by atoms with van der Waals surface area (Å²) >= 11 is -0.246. The SMILES string of the molecule is CN(C)[SH](C)N1S(C)(C)NS(C)(C)NS1(C)C. The zero-order chi connectivity index (χ0) is 13.6. The standard InChI is InChI=1S/C9H30N4S4/c1-12(2)14(3)13-16(6,7)10-15(4,5)11-17(13,8)9/h10-11,14H,1-9H3. The van der Waals surface area contributed by atoms with Crippen molar-refractivity contribution in [3.63, 3.8) is 0 Å². The van der Waals surface area contributed by atoms with Crippen LogP contribution in [0.2, 0.25) is 0 Å². The Morgan fingerprint density at radius 3 is 1.53 bits per heavy atom. The minimum Gasteiger partial charge on any atom is -0.263 e. The number of hydrogen-bond acceptors (Lipinski definition) is 4. The predicted molar refractivity (Wildman–Crippen MR) is 95.0 cm³/mol. The van der Waals surface area contributed by atoms with Crippen molar-refractivity contribution in [2.75, 3.05) is 57.9 Å². The summed E-state index contributed by atoms with van der Waals surface area (Å²) in [5, 5.41) is 0. The van der Waals surface area contributed by atoms with Crippen LogP contribution in [0.5, 0.6) is 0 Å². The maximum atomic E-state index is 3.87. The van der Waals surface area contributed by atoms with Crippen LogP contribution in [0.1, 0.15) is 0 Å². The van der Waals surface area contributed by atoms with E-state index >= 15 is 0 Å². The maximum Gasteiger partial charge on any atom is -0.00341 e. The Morgan fingerprint density at radius 2 is 1.24 bits per heavy atom. The molecule has 8 heteroatoms. The van der Waals surface area contributed by atoms with E-state index in [1.807, 2.05) is 0 Å². The Kier molecular flexibility index (Phi) is 4.77. The van der Waals surface area contributed by atoms with E-state index in [0.717, 1.165) is 0 Å². The third-order valence-electron chi connectivity index (χ3n) is 2.42. The maximum absolute atomic E-state index is 3.87. The summed E-state index contributed by atoms with van der Waals surface area (Å²) < 4.78 is 12.8. The summed E-state index contributed by atoms with van der Waals surface area (Å²) in [6.45, 7) is 0. The van der Waals surface area contributed by atoms with Crippen LogP contribution in [0.3, 0.4) is 0 Å². The van der Waals surface area contributed by atoms with Crippen LogP contribution in [0, 0.1) is 0 Å². The highest BCUT2D eigenvalue weighted by Gasteiger charge is 2.43. The third-order valence-corrected chi connectivity index (χ3v) is 18.3. The summed E-state index contributed by atoms with van der Waals surface area (Å²) in [4.78, 5) is 0. The highest BCUT2D eigenvalue weighted by atomic mass is 32.4. The van der Waals surface area contributed by atoms with Crippen molar-refractivity contribution in [3.05, 3.63) is 0 Å². The minimum atomic E-state index is -0.901. The topological polar surface area (TPSA) is 30.5 Å². The molecule has 1 unspecified atom stereocenters. The van der Waals surface area contributed by atoms with Gasteiger partial charge in [-0.1, -0.05) is 0 Å². The molecule has 17 heavy (non-hydrogen) atoms. The average Bonchev–Trinajstić information content (AvgIpc) is 1.94. The van der Waals surface area contributed by atoms with Gasteiger partial charge in [0.1, 0.15) is 0 Å². The average molecular weight is 323 g/mol. The smallest absolute Gasteiger partial charge is 0.00341 e. The van der Waals surface area contributed by atoms with Crippen LogP contribution in [-0.2, 0) is 0 Å². The zero-order valence-corrected chi connectivity index (χ0v) is 15.9. The summed E-state index contributed by atoms with van der Waals surface area (Å²) in [6, 6.07) is 0. The molecule has 1 atom stereocenters. The first-order valence-electron chi connectivity index (χ1n) is 5.37. The fourth-order valence-corrected chi connectivity index (χ4v) is 22.2. The van der Waals surface area contributed by atoms with Crippen molar-refractivity contribution in [1.82, 2.24) is 15.7 Å². The molecule has 0 aromatic rings. The van der Waals surface area contributed by atoms with E-state index < -0.39 is 31.2 Å². The van der Waals surface area contributed by atoms with Gasteiger partial charge in [-0.15, -0.1) is 42.5 Å². The van der Waals surface area contributed by atoms with E-state index in [4.69, 9.17) is 0 Å². The normalized spacial score (nSPS) is 36.0. The van der Waals surface area contributed by atoms with Crippen LogP contribution in [0.4, 0.5) is 0 Å². The molecule has 0 saturated carbocycles. The Hall–Kier alpha value is 1.24. The molecule has 2 N–H and O–H groups in total. The zero-order valence-electron chi connectivity index (χ0n) is 12.6. The molecule has 0 aromatic heterocycles. The van der Waals surface area contributed by atoms with E-state index in [-0.39, 0.29) is 11.3 Å². The first-order valence-corrected chi connectivity index (χ1v) is 14.3. The lowest BCUT2D eigenvalue weighted by atomic mass is 11.3. The molecule has 4 nitrogen and oxygen atoms in total. The van der Waals surface area contributed by atoms with Gasteiger partial charge in [-0.3, -0.25) is 4.31 Å². The van der Waals surface area contributed by atoms with Gasteiger partial charge in [-0.2, -0.15) is 3.12 Å². The van der Waals surface area contributed by atoms with Crippen LogP contribution in [0.15, 0.2) is 0 Å². The Bertz CT molecular complexity index is 273. The number of nitrogens with one attached hydrogen (secondary N) is 2. The van der Waals surface area contributed by atoms with E-state index in [0.29, 0.717) is 0 Å². The molecule has 1 aliphatic rings. The molecule has 1 saturated heterocycles. The van der Waals surface area contributed by atoms with Crippen LogP contribution in [0.25, 0.3) is 0 Å². The molecule has 1 rings (SSSR count). The quantitative estimate of drug-likeness (QED) is 0.680. The molecule has 0 aromatic carbocycles. The first kappa shape index (κ1) is 16.3. The second kappa shape index (κ2) is 4.97. The molecular formula is C9H30N4S4. The van der Waals surface area contributed by atoms with Crippen LogP contribution < -0.4 is 8.25 Å². The fraction of sp³-hybridized carbons (Fsp3) is 1.00. The molecule has 0 radical (unpaired) electrons. The van der Waals surface area contributed by atoms with Gasteiger partial charge >= 0.3 is 0 Å². The first-order chi connectivity index (χ1) is 7.39. The second-order valence-corrected chi connectivity index (χ2v) is 18.4. The Labute approximate surface area is 116 Å². The molecule has 0 aliphatic carbocycles. The van der Waals surface area contributed by atoms with Crippen LogP contribution >= 0.6 is 42.5 Å². The van der Waals surface area contributed by atoms with Crippen molar-refractivity contribution >= 4 is 42.5 Å². The molecule has 1 heterocycles. The van der Waals surface area contributed by atoms with Crippen LogP contribution in [-0.4, -0.2) is 65.3 Å². The largest absolute Gasteiger partial charge is 0.263 e. The van der Waals surface area contributed by atoms with Gasteiger partial charge < -0.3 is 0 Å². The lowest BCUT2D eigenvalue weighted by molar-refractivity contribution is 0.680. The van der Waals surface area contributed by atoms with Crippen molar-refractivity contribution in [2.45, 2.75) is 0 Å².